The molecule has 0 aliphatic rings. The van der Waals surface area contributed by atoms with Crippen molar-refractivity contribution in [2.24, 2.45) is 5.73 Å². The van der Waals surface area contributed by atoms with E-state index in [2.05, 4.69) is 0 Å². The molecule has 0 saturated heterocycles. The number of rotatable bonds is 3. The molecule has 98 valence electrons. The van der Waals surface area contributed by atoms with Gasteiger partial charge in [0.2, 0.25) is 0 Å². The highest BCUT2D eigenvalue weighted by atomic mass is 35.5. The largest absolute Gasteiger partial charge is 0.455 e. The molecule has 19 heavy (non-hydrogen) atoms. The number of nitrogens with two attached hydrogens (primary N) is 1. The van der Waals surface area contributed by atoms with E-state index in [1.807, 2.05) is 0 Å². The SMILES string of the molecule is N=C(N)c1c(F)cccc1Oc1cc(Cl)ccc1Cl. The molecule has 0 fully saturated rings. The van der Waals surface area contributed by atoms with Crippen LogP contribution in [-0.2, 0) is 0 Å². The van der Waals surface area contributed by atoms with Gasteiger partial charge in [-0.25, -0.2) is 4.39 Å². The molecular weight excluding hydrogens is 290 g/mol. The molecular formula is C13H9Cl2FN2O. The molecule has 0 amide bonds. The third kappa shape index (κ3) is 2.97. The van der Waals surface area contributed by atoms with E-state index in [1.54, 1.807) is 12.1 Å². The second-order valence-electron chi connectivity index (χ2n) is 3.70. The van der Waals surface area contributed by atoms with Crippen molar-refractivity contribution >= 4 is 29.0 Å². The molecule has 0 aliphatic carbocycles. The molecule has 0 radical (unpaired) electrons. The number of halogens is 3. The highest BCUT2D eigenvalue weighted by molar-refractivity contribution is 6.34. The van der Waals surface area contributed by atoms with Gasteiger partial charge < -0.3 is 10.5 Å². The van der Waals surface area contributed by atoms with Crippen LogP contribution in [0.25, 0.3) is 0 Å². The number of amidine groups is 1. The normalized spacial score (nSPS) is 10.3. The third-order valence-corrected chi connectivity index (χ3v) is 2.91. The van der Waals surface area contributed by atoms with E-state index < -0.39 is 11.7 Å². The molecule has 0 saturated carbocycles. The maximum atomic E-state index is 13.6. The van der Waals surface area contributed by atoms with Crippen LogP contribution in [0.4, 0.5) is 4.39 Å². The van der Waals surface area contributed by atoms with Gasteiger partial charge in [-0.1, -0.05) is 29.3 Å². The first-order valence-corrected chi connectivity index (χ1v) is 6.00. The molecule has 0 aromatic heterocycles. The van der Waals surface area contributed by atoms with Crippen molar-refractivity contribution < 1.29 is 9.13 Å². The van der Waals surface area contributed by atoms with Gasteiger partial charge in [-0.15, -0.1) is 0 Å². The minimum absolute atomic E-state index is 0.108. The fourth-order valence-corrected chi connectivity index (χ4v) is 1.84. The highest BCUT2D eigenvalue weighted by Crippen LogP contribution is 2.33. The maximum Gasteiger partial charge on any atom is 0.147 e. The number of nitrogens with one attached hydrogen (secondary N) is 1. The summed E-state index contributed by atoms with van der Waals surface area (Å²) in [6.45, 7) is 0. The predicted octanol–water partition coefficient (Wildman–Crippen LogP) is 4.21. The van der Waals surface area contributed by atoms with Crippen molar-refractivity contribution in [3.63, 3.8) is 0 Å². The lowest BCUT2D eigenvalue weighted by Gasteiger charge is -2.12. The molecule has 2 aromatic rings. The average Bonchev–Trinajstić information content (AvgIpc) is 2.33. The molecule has 2 aromatic carbocycles. The van der Waals surface area contributed by atoms with Crippen LogP contribution in [0.2, 0.25) is 10.0 Å². The Morgan fingerprint density at radius 1 is 1.16 bits per heavy atom. The van der Waals surface area contributed by atoms with Gasteiger partial charge in [0.15, 0.2) is 0 Å². The van der Waals surface area contributed by atoms with E-state index >= 15 is 0 Å². The van der Waals surface area contributed by atoms with Gasteiger partial charge in [-0.05, 0) is 24.3 Å². The Bertz CT molecular complexity index is 647. The lowest BCUT2D eigenvalue weighted by Crippen LogP contribution is -2.14. The van der Waals surface area contributed by atoms with Gasteiger partial charge in [0.05, 0.1) is 10.6 Å². The van der Waals surface area contributed by atoms with Gasteiger partial charge in [-0.2, -0.15) is 0 Å². The standard InChI is InChI=1S/C13H9Cl2FN2O/c14-7-4-5-8(15)11(6-7)19-10-3-1-2-9(16)12(10)13(17)18/h1-6H,(H3,17,18). The second kappa shape index (κ2) is 5.47. The smallest absolute Gasteiger partial charge is 0.147 e. The summed E-state index contributed by atoms with van der Waals surface area (Å²) < 4.78 is 19.1. The molecule has 0 atom stereocenters. The zero-order valence-corrected chi connectivity index (χ0v) is 11.1. The number of hydrogen-bond acceptors (Lipinski definition) is 2. The van der Waals surface area contributed by atoms with Gasteiger partial charge in [0.1, 0.15) is 23.2 Å². The molecule has 0 spiro atoms. The first-order valence-electron chi connectivity index (χ1n) is 5.25. The predicted molar refractivity (Wildman–Crippen MR) is 74.0 cm³/mol. The summed E-state index contributed by atoms with van der Waals surface area (Å²) >= 11 is 11.8. The van der Waals surface area contributed by atoms with Crippen LogP contribution in [-0.4, -0.2) is 5.84 Å². The number of hydrogen-bond donors (Lipinski definition) is 2. The summed E-state index contributed by atoms with van der Waals surface area (Å²) in [7, 11) is 0. The minimum Gasteiger partial charge on any atom is -0.455 e. The molecule has 3 N–H and O–H groups in total. The summed E-state index contributed by atoms with van der Waals surface area (Å²) in [6.07, 6.45) is 0. The average molecular weight is 299 g/mol. The Balaban J connectivity index is 2.46. The summed E-state index contributed by atoms with van der Waals surface area (Å²) in [5.74, 6) is -0.687. The monoisotopic (exact) mass is 298 g/mol. The quantitative estimate of drug-likeness (QED) is 0.659. The number of nitrogen functional groups attached to an aromatic ring is 1. The Morgan fingerprint density at radius 2 is 1.89 bits per heavy atom. The van der Waals surface area contributed by atoms with Crippen LogP contribution < -0.4 is 10.5 Å². The lowest BCUT2D eigenvalue weighted by atomic mass is 10.1. The zero-order chi connectivity index (χ0) is 14.0. The summed E-state index contributed by atoms with van der Waals surface area (Å²) in [5, 5.41) is 8.13. The van der Waals surface area contributed by atoms with Gasteiger partial charge in [0, 0.05) is 11.1 Å². The van der Waals surface area contributed by atoms with Crippen molar-refractivity contribution in [1.29, 1.82) is 5.41 Å². The van der Waals surface area contributed by atoms with Crippen LogP contribution in [0.3, 0.4) is 0 Å². The lowest BCUT2D eigenvalue weighted by molar-refractivity contribution is 0.475. The first-order chi connectivity index (χ1) is 8.99. The van der Waals surface area contributed by atoms with Crippen molar-refractivity contribution in [2.45, 2.75) is 0 Å². The first kappa shape index (κ1) is 13.6. The van der Waals surface area contributed by atoms with E-state index in [0.29, 0.717) is 10.0 Å². The third-order valence-electron chi connectivity index (χ3n) is 2.36. The minimum atomic E-state index is -0.636. The van der Waals surface area contributed by atoms with Crippen molar-refractivity contribution in [1.82, 2.24) is 0 Å². The number of ether oxygens (including phenoxy) is 1. The Hall–Kier alpha value is -1.78. The molecule has 0 unspecified atom stereocenters. The topological polar surface area (TPSA) is 59.1 Å². The van der Waals surface area contributed by atoms with Crippen molar-refractivity contribution in [3.8, 4) is 11.5 Å². The number of benzene rings is 2. The highest BCUT2D eigenvalue weighted by Gasteiger charge is 2.14. The van der Waals surface area contributed by atoms with Gasteiger partial charge >= 0.3 is 0 Å². The molecule has 0 heterocycles. The maximum absolute atomic E-state index is 13.6. The van der Waals surface area contributed by atoms with E-state index in [1.165, 1.54) is 24.3 Å². The van der Waals surface area contributed by atoms with Gasteiger partial charge in [0.25, 0.3) is 0 Å². The summed E-state index contributed by atoms with van der Waals surface area (Å²) in [4.78, 5) is 0. The molecule has 0 bridgehead atoms. The van der Waals surface area contributed by atoms with Crippen molar-refractivity contribution in [3.05, 3.63) is 57.8 Å². The van der Waals surface area contributed by atoms with Crippen LogP contribution in [0, 0.1) is 11.2 Å². The van der Waals surface area contributed by atoms with E-state index in [9.17, 15) is 4.39 Å². The second-order valence-corrected chi connectivity index (χ2v) is 4.55. The summed E-state index contributed by atoms with van der Waals surface area (Å²) in [5.41, 5.74) is 5.23. The summed E-state index contributed by atoms with van der Waals surface area (Å²) in [6, 6.07) is 8.81. The Labute approximate surface area is 119 Å². The van der Waals surface area contributed by atoms with E-state index in [0.717, 1.165) is 0 Å². The Kier molecular flexibility index (Phi) is 3.93. The molecule has 0 aliphatic heterocycles. The van der Waals surface area contributed by atoms with Gasteiger partial charge in [-0.3, -0.25) is 5.41 Å². The van der Waals surface area contributed by atoms with Crippen LogP contribution in [0.1, 0.15) is 5.56 Å². The molecule has 6 heteroatoms. The molecule has 3 nitrogen and oxygen atoms in total. The Morgan fingerprint density at radius 3 is 2.58 bits per heavy atom. The van der Waals surface area contributed by atoms with E-state index in [4.69, 9.17) is 39.1 Å². The fraction of sp³-hybridized carbons (Fsp3) is 0. The van der Waals surface area contributed by atoms with Crippen LogP contribution in [0.5, 0.6) is 11.5 Å². The van der Waals surface area contributed by atoms with E-state index in [-0.39, 0.29) is 17.1 Å². The molecule has 2 rings (SSSR count). The van der Waals surface area contributed by atoms with Crippen molar-refractivity contribution in [2.75, 3.05) is 0 Å². The fourth-order valence-electron chi connectivity index (χ4n) is 1.52. The zero-order valence-electron chi connectivity index (χ0n) is 9.58. The van der Waals surface area contributed by atoms with Crippen LogP contribution >= 0.6 is 23.2 Å². The van der Waals surface area contributed by atoms with Crippen LogP contribution in [0.15, 0.2) is 36.4 Å².